The highest BCUT2D eigenvalue weighted by atomic mass is 16.5. The normalized spacial score (nSPS) is 9.38. The number of Topliss-reactive ketones (excluding diaryl/α,β-unsaturated/α-hetero) is 1. The summed E-state index contributed by atoms with van der Waals surface area (Å²) in [6, 6.07) is 0. The first-order valence-corrected chi connectivity index (χ1v) is 4.48. The molecule has 0 aromatic rings. The van der Waals surface area contributed by atoms with Crippen molar-refractivity contribution in [3.8, 4) is 0 Å². The van der Waals surface area contributed by atoms with E-state index >= 15 is 0 Å². The van der Waals surface area contributed by atoms with Gasteiger partial charge >= 0.3 is 6.09 Å². The topological polar surface area (TPSA) is 55.4 Å². The second-order valence-corrected chi connectivity index (χ2v) is 2.93. The van der Waals surface area contributed by atoms with Crippen LogP contribution in [-0.4, -0.2) is 25.5 Å². The van der Waals surface area contributed by atoms with Gasteiger partial charge in [0.1, 0.15) is 5.78 Å². The summed E-state index contributed by atoms with van der Waals surface area (Å²) in [5.41, 5.74) is 0. The van der Waals surface area contributed by atoms with Gasteiger partial charge in [-0.25, -0.2) is 4.79 Å². The maximum absolute atomic E-state index is 10.6. The van der Waals surface area contributed by atoms with Gasteiger partial charge in [-0.05, 0) is 19.8 Å². The van der Waals surface area contributed by atoms with Crippen LogP contribution >= 0.6 is 0 Å². The van der Waals surface area contributed by atoms with Crippen molar-refractivity contribution in [2.45, 2.75) is 32.6 Å². The third-order valence-corrected chi connectivity index (χ3v) is 1.66. The van der Waals surface area contributed by atoms with Crippen LogP contribution in [-0.2, 0) is 9.53 Å². The predicted molar refractivity (Wildman–Crippen MR) is 49.6 cm³/mol. The Bertz CT molecular complexity index is 168. The number of carbonyl (C=O) groups excluding carboxylic acids is 2. The van der Waals surface area contributed by atoms with Gasteiger partial charge in [-0.2, -0.15) is 0 Å². The van der Waals surface area contributed by atoms with Crippen LogP contribution in [0.4, 0.5) is 4.79 Å². The van der Waals surface area contributed by atoms with E-state index in [1.807, 2.05) is 0 Å². The highest BCUT2D eigenvalue weighted by Gasteiger charge is 1.97. The Balaban J connectivity index is 3.08. The van der Waals surface area contributed by atoms with Gasteiger partial charge in [0.05, 0.1) is 7.11 Å². The van der Waals surface area contributed by atoms with Crippen molar-refractivity contribution in [3.05, 3.63) is 0 Å². The third kappa shape index (κ3) is 8.85. The highest BCUT2D eigenvalue weighted by Crippen LogP contribution is 1.99. The number of hydrogen-bond donors (Lipinski definition) is 1. The maximum Gasteiger partial charge on any atom is 0.406 e. The van der Waals surface area contributed by atoms with Gasteiger partial charge in [-0.15, -0.1) is 0 Å². The Morgan fingerprint density at radius 1 is 1.23 bits per heavy atom. The van der Waals surface area contributed by atoms with Gasteiger partial charge < -0.3 is 14.8 Å². The number of hydrogen-bond acceptors (Lipinski definition) is 3. The average molecular weight is 187 g/mol. The number of methoxy groups -OCH3 is 1. The van der Waals surface area contributed by atoms with Gasteiger partial charge in [-0.3, -0.25) is 0 Å². The van der Waals surface area contributed by atoms with E-state index in [1.54, 1.807) is 6.92 Å². The van der Waals surface area contributed by atoms with E-state index in [0.717, 1.165) is 19.3 Å². The Labute approximate surface area is 78.6 Å². The monoisotopic (exact) mass is 187 g/mol. The van der Waals surface area contributed by atoms with E-state index < -0.39 is 6.09 Å². The lowest BCUT2D eigenvalue weighted by Crippen LogP contribution is -2.23. The first kappa shape index (κ1) is 11.9. The minimum absolute atomic E-state index is 0.223. The Kier molecular flexibility index (Phi) is 6.96. The van der Waals surface area contributed by atoms with E-state index in [2.05, 4.69) is 10.1 Å². The van der Waals surface area contributed by atoms with E-state index in [9.17, 15) is 9.59 Å². The van der Waals surface area contributed by atoms with Crippen LogP contribution in [0.3, 0.4) is 0 Å². The SMILES string of the molecule is COC(=O)NCCCCCC(C)=O. The molecule has 0 aliphatic heterocycles. The zero-order valence-electron chi connectivity index (χ0n) is 8.26. The molecule has 0 radical (unpaired) electrons. The fraction of sp³-hybridized carbons (Fsp3) is 0.778. The summed E-state index contributed by atoms with van der Waals surface area (Å²) in [6.07, 6.45) is 2.99. The molecule has 0 saturated heterocycles. The predicted octanol–water partition coefficient (Wildman–Crippen LogP) is 1.49. The molecule has 0 saturated carbocycles. The van der Waals surface area contributed by atoms with Crippen LogP contribution < -0.4 is 5.32 Å². The molecular weight excluding hydrogens is 170 g/mol. The second-order valence-electron chi connectivity index (χ2n) is 2.93. The fourth-order valence-electron chi connectivity index (χ4n) is 0.938. The molecule has 1 amide bonds. The molecular formula is C9H17NO3. The summed E-state index contributed by atoms with van der Waals surface area (Å²) < 4.78 is 4.39. The number of unbranched alkanes of at least 4 members (excludes halogenated alkanes) is 2. The van der Waals surface area contributed by atoms with E-state index in [0.29, 0.717) is 13.0 Å². The molecule has 1 N–H and O–H groups in total. The molecule has 0 aromatic heterocycles. The van der Waals surface area contributed by atoms with Crippen LogP contribution in [0.15, 0.2) is 0 Å². The Morgan fingerprint density at radius 2 is 1.92 bits per heavy atom. The standard InChI is InChI=1S/C9H17NO3/c1-8(11)6-4-3-5-7-10-9(12)13-2/h3-7H2,1-2H3,(H,10,12). The number of rotatable bonds is 6. The van der Waals surface area contributed by atoms with Crippen LogP contribution in [0.5, 0.6) is 0 Å². The molecule has 76 valence electrons. The molecule has 4 nitrogen and oxygen atoms in total. The minimum Gasteiger partial charge on any atom is -0.453 e. The number of alkyl carbamates (subject to hydrolysis) is 1. The smallest absolute Gasteiger partial charge is 0.406 e. The van der Waals surface area contributed by atoms with Gasteiger partial charge in [0.15, 0.2) is 0 Å². The van der Waals surface area contributed by atoms with Crippen LogP contribution in [0.25, 0.3) is 0 Å². The molecule has 0 atom stereocenters. The summed E-state index contributed by atoms with van der Waals surface area (Å²) in [4.78, 5) is 21.1. The lowest BCUT2D eigenvalue weighted by molar-refractivity contribution is -0.117. The first-order valence-electron chi connectivity index (χ1n) is 4.48. The van der Waals surface area contributed by atoms with Crippen molar-refractivity contribution >= 4 is 11.9 Å². The Morgan fingerprint density at radius 3 is 2.46 bits per heavy atom. The molecule has 0 bridgehead atoms. The van der Waals surface area contributed by atoms with Crippen molar-refractivity contribution in [1.82, 2.24) is 5.32 Å². The van der Waals surface area contributed by atoms with Gasteiger partial charge in [0.2, 0.25) is 0 Å². The quantitative estimate of drug-likeness (QED) is 0.641. The summed E-state index contributed by atoms with van der Waals surface area (Å²) >= 11 is 0. The lowest BCUT2D eigenvalue weighted by atomic mass is 10.1. The number of carbonyl (C=O) groups is 2. The minimum atomic E-state index is -0.397. The maximum atomic E-state index is 10.6. The van der Waals surface area contributed by atoms with Crippen molar-refractivity contribution in [3.63, 3.8) is 0 Å². The zero-order valence-corrected chi connectivity index (χ0v) is 8.26. The largest absolute Gasteiger partial charge is 0.453 e. The third-order valence-electron chi connectivity index (χ3n) is 1.66. The van der Waals surface area contributed by atoms with E-state index in [1.165, 1.54) is 7.11 Å². The molecule has 0 spiro atoms. The second kappa shape index (κ2) is 7.58. The Hall–Kier alpha value is -1.06. The summed E-state index contributed by atoms with van der Waals surface area (Å²) in [5.74, 6) is 0.223. The summed E-state index contributed by atoms with van der Waals surface area (Å²) in [7, 11) is 1.34. The molecule has 0 heterocycles. The molecule has 13 heavy (non-hydrogen) atoms. The zero-order chi connectivity index (χ0) is 10.1. The summed E-state index contributed by atoms with van der Waals surface area (Å²) in [6.45, 7) is 2.21. The average Bonchev–Trinajstić information content (AvgIpc) is 2.10. The van der Waals surface area contributed by atoms with E-state index in [-0.39, 0.29) is 5.78 Å². The van der Waals surface area contributed by atoms with Crippen molar-refractivity contribution in [2.75, 3.05) is 13.7 Å². The molecule has 0 unspecified atom stereocenters. The molecule has 4 heteroatoms. The van der Waals surface area contributed by atoms with Crippen molar-refractivity contribution < 1.29 is 14.3 Å². The van der Waals surface area contributed by atoms with Crippen LogP contribution in [0.1, 0.15) is 32.6 Å². The number of amides is 1. The van der Waals surface area contributed by atoms with Crippen LogP contribution in [0.2, 0.25) is 0 Å². The molecule has 0 rings (SSSR count). The van der Waals surface area contributed by atoms with Gasteiger partial charge in [-0.1, -0.05) is 6.42 Å². The molecule has 0 aliphatic rings. The molecule has 0 aromatic carbocycles. The molecule has 0 fully saturated rings. The van der Waals surface area contributed by atoms with Crippen LogP contribution in [0, 0.1) is 0 Å². The highest BCUT2D eigenvalue weighted by molar-refractivity contribution is 5.75. The van der Waals surface area contributed by atoms with Crippen molar-refractivity contribution in [1.29, 1.82) is 0 Å². The van der Waals surface area contributed by atoms with Gasteiger partial charge in [0, 0.05) is 13.0 Å². The lowest BCUT2D eigenvalue weighted by Gasteiger charge is -2.02. The summed E-state index contributed by atoms with van der Waals surface area (Å²) in [5, 5.41) is 2.57. The van der Waals surface area contributed by atoms with Crippen molar-refractivity contribution in [2.24, 2.45) is 0 Å². The first-order chi connectivity index (χ1) is 6.16. The number of nitrogens with one attached hydrogen (secondary N) is 1. The molecule has 0 aliphatic carbocycles. The number of ether oxygens (including phenoxy) is 1. The van der Waals surface area contributed by atoms with Gasteiger partial charge in [0.25, 0.3) is 0 Å². The van der Waals surface area contributed by atoms with E-state index in [4.69, 9.17) is 0 Å². The fourth-order valence-corrected chi connectivity index (χ4v) is 0.938. The number of ketones is 1.